The minimum Gasteiger partial charge on any atom is -0.407 e. The molecule has 128 valence electrons. The van der Waals surface area contributed by atoms with Crippen molar-refractivity contribution in [1.29, 1.82) is 0 Å². The van der Waals surface area contributed by atoms with E-state index in [9.17, 15) is 9.59 Å². The number of hydrogen-bond acceptors (Lipinski definition) is 5. The summed E-state index contributed by atoms with van der Waals surface area (Å²) in [6.07, 6.45) is 5.22. The van der Waals surface area contributed by atoms with Gasteiger partial charge in [-0.25, -0.2) is 14.3 Å². The summed E-state index contributed by atoms with van der Waals surface area (Å²) in [6.45, 7) is 3.05. The predicted molar refractivity (Wildman–Crippen MR) is 91.6 cm³/mol. The maximum Gasteiger partial charge on any atom is 0.425 e. The average Bonchev–Trinajstić information content (AvgIpc) is 2.97. The van der Waals surface area contributed by atoms with E-state index in [1.807, 2.05) is 23.1 Å². The first-order valence-corrected chi connectivity index (χ1v) is 8.32. The van der Waals surface area contributed by atoms with E-state index >= 15 is 0 Å². The number of oxazole rings is 1. The summed E-state index contributed by atoms with van der Waals surface area (Å²) in [6, 6.07) is 7.21. The van der Waals surface area contributed by atoms with Crippen molar-refractivity contribution in [3.63, 3.8) is 0 Å². The molecule has 7 nitrogen and oxygen atoms in total. The maximum atomic E-state index is 12.1. The number of para-hydroxylation sites is 2. The Morgan fingerprint density at radius 1 is 1.24 bits per heavy atom. The standard InChI is InChI=1S/C18H18N4O3/c1-12(23)21-8-4-5-13(11-21)14-9-20-17(10-19-14)22-15-6-2-3-7-16(15)25-18(22)24/h2-3,6-7,9-10,13H,4-5,8,11H2,1H3/t13-/m0/s1. The van der Waals surface area contributed by atoms with Gasteiger partial charge in [0.05, 0.1) is 23.6 Å². The van der Waals surface area contributed by atoms with Crippen molar-refractivity contribution in [2.45, 2.75) is 25.7 Å². The van der Waals surface area contributed by atoms with Crippen LogP contribution in [0, 0.1) is 0 Å². The minimum atomic E-state index is -0.483. The second-order valence-electron chi connectivity index (χ2n) is 6.27. The molecule has 0 unspecified atom stereocenters. The van der Waals surface area contributed by atoms with Crippen LogP contribution < -0.4 is 5.76 Å². The van der Waals surface area contributed by atoms with Crippen LogP contribution >= 0.6 is 0 Å². The second-order valence-corrected chi connectivity index (χ2v) is 6.27. The molecule has 0 saturated carbocycles. The van der Waals surface area contributed by atoms with E-state index in [0.717, 1.165) is 25.1 Å². The molecule has 2 aromatic heterocycles. The summed E-state index contributed by atoms with van der Waals surface area (Å²) in [5.74, 6) is 0.212. The Hall–Kier alpha value is -2.96. The Bertz CT molecular complexity index is 974. The Balaban J connectivity index is 1.65. The maximum absolute atomic E-state index is 12.1. The third-order valence-electron chi connectivity index (χ3n) is 4.66. The van der Waals surface area contributed by atoms with E-state index < -0.39 is 5.76 Å². The molecule has 0 radical (unpaired) electrons. The first-order valence-electron chi connectivity index (χ1n) is 8.32. The molecule has 1 saturated heterocycles. The number of carbonyl (C=O) groups is 1. The monoisotopic (exact) mass is 338 g/mol. The van der Waals surface area contributed by atoms with Gasteiger partial charge in [-0.05, 0) is 25.0 Å². The van der Waals surface area contributed by atoms with Crippen LogP contribution in [0.15, 0.2) is 45.9 Å². The molecule has 7 heteroatoms. The summed E-state index contributed by atoms with van der Waals surface area (Å²) in [4.78, 5) is 34.5. The number of likely N-dealkylation sites (tertiary alicyclic amines) is 1. The molecule has 0 aliphatic carbocycles. The highest BCUT2D eigenvalue weighted by Crippen LogP contribution is 2.25. The summed E-state index contributed by atoms with van der Waals surface area (Å²) in [5.41, 5.74) is 2.02. The van der Waals surface area contributed by atoms with Gasteiger partial charge in [-0.1, -0.05) is 12.1 Å². The molecule has 1 aliphatic heterocycles. The van der Waals surface area contributed by atoms with Gasteiger partial charge in [0.2, 0.25) is 5.91 Å². The van der Waals surface area contributed by atoms with Gasteiger partial charge >= 0.3 is 5.76 Å². The van der Waals surface area contributed by atoms with Crippen molar-refractivity contribution >= 4 is 17.0 Å². The van der Waals surface area contributed by atoms with Gasteiger partial charge in [0.25, 0.3) is 0 Å². The molecule has 1 fully saturated rings. The Morgan fingerprint density at radius 2 is 2.08 bits per heavy atom. The normalized spacial score (nSPS) is 17.8. The van der Waals surface area contributed by atoms with E-state index in [1.54, 1.807) is 25.4 Å². The van der Waals surface area contributed by atoms with Crippen molar-refractivity contribution in [1.82, 2.24) is 19.4 Å². The number of hydrogen-bond donors (Lipinski definition) is 0. The number of piperidine rings is 1. The summed E-state index contributed by atoms with van der Waals surface area (Å²) >= 11 is 0. The van der Waals surface area contributed by atoms with E-state index in [4.69, 9.17) is 4.42 Å². The molecule has 1 atom stereocenters. The molecule has 0 spiro atoms. The Labute approximate surface area is 143 Å². The number of amides is 1. The number of nitrogens with zero attached hydrogens (tertiary/aromatic N) is 4. The fourth-order valence-corrected chi connectivity index (χ4v) is 3.35. The molecule has 1 amide bonds. The molecule has 4 rings (SSSR count). The topological polar surface area (TPSA) is 81.2 Å². The van der Waals surface area contributed by atoms with Crippen molar-refractivity contribution < 1.29 is 9.21 Å². The number of benzene rings is 1. The van der Waals surface area contributed by atoms with Crippen molar-refractivity contribution in [2.24, 2.45) is 0 Å². The van der Waals surface area contributed by atoms with Crippen LogP contribution in [0.1, 0.15) is 31.4 Å². The van der Waals surface area contributed by atoms with Crippen LogP contribution in [0.2, 0.25) is 0 Å². The van der Waals surface area contributed by atoms with Gasteiger partial charge in [0.1, 0.15) is 0 Å². The highest BCUT2D eigenvalue weighted by molar-refractivity contribution is 5.74. The van der Waals surface area contributed by atoms with E-state index in [0.29, 0.717) is 23.5 Å². The lowest BCUT2D eigenvalue weighted by Gasteiger charge is -2.31. The van der Waals surface area contributed by atoms with Crippen LogP contribution in [0.5, 0.6) is 0 Å². The quantitative estimate of drug-likeness (QED) is 0.715. The number of fused-ring (bicyclic) bond motifs is 1. The average molecular weight is 338 g/mol. The van der Waals surface area contributed by atoms with Gasteiger partial charge in [-0.2, -0.15) is 0 Å². The molecule has 25 heavy (non-hydrogen) atoms. The summed E-state index contributed by atoms with van der Waals surface area (Å²) < 4.78 is 6.65. The van der Waals surface area contributed by atoms with E-state index in [2.05, 4.69) is 9.97 Å². The van der Waals surface area contributed by atoms with E-state index in [-0.39, 0.29) is 11.8 Å². The van der Waals surface area contributed by atoms with Crippen LogP contribution in [0.25, 0.3) is 16.9 Å². The first kappa shape index (κ1) is 15.6. The van der Waals surface area contributed by atoms with Crippen molar-refractivity contribution in [3.8, 4) is 5.82 Å². The lowest BCUT2D eigenvalue weighted by molar-refractivity contribution is -0.130. The van der Waals surface area contributed by atoms with Crippen LogP contribution in [-0.2, 0) is 4.79 Å². The highest BCUT2D eigenvalue weighted by Gasteiger charge is 2.24. The number of rotatable bonds is 2. The lowest BCUT2D eigenvalue weighted by Crippen LogP contribution is -2.37. The number of carbonyl (C=O) groups excluding carboxylic acids is 1. The smallest absolute Gasteiger partial charge is 0.407 e. The molecule has 1 aliphatic rings. The Morgan fingerprint density at radius 3 is 2.84 bits per heavy atom. The molecular weight excluding hydrogens is 320 g/mol. The van der Waals surface area contributed by atoms with Crippen molar-refractivity contribution in [2.75, 3.05) is 13.1 Å². The van der Waals surface area contributed by atoms with Gasteiger partial charge in [-0.15, -0.1) is 0 Å². The Kier molecular flexibility index (Phi) is 3.83. The number of aromatic nitrogens is 3. The predicted octanol–water partition coefficient (Wildman–Crippen LogP) is 2.10. The minimum absolute atomic E-state index is 0.0886. The second kappa shape index (κ2) is 6.16. The third kappa shape index (κ3) is 2.82. The lowest BCUT2D eigenvalue weighted by atomic mass is 9.95. The fourth-order valence-electron chi connectivity index (χ4n) is 3.35. The SMILES string of the molecule is CC(=O)N1CCC[C@H](c2cnc(-n3c(=O)oc4ccccc43)cn2)C1. The molecular formula is C18H18N4O3. The van der Waals surface area contributed by atoms with Gasteiger partial charge < -0.3 is 9.32 Å². The van der Waals surface area contributed by atoms with Gasteiger partial charge in [0, 0.05) is 25.9 Å². The first-order chi connectivity index (χ1) is 12.1. The third-order valence-corrected chi connectivity index (χ3v) is 4.66. The molecule has 3 aromatic rings. The zero-order valence-corrected chi connectivity index (χ0v) is 13.9. The zero-order valence-electron chi connectivity index (χ0n) is 13.9. The molecule has 3 heterocycles. The van der Waals surface area contributed by atoms with Crippen LogP contribution in [0.3, 0.4) is 0 Å². The van der Waals surface area contributed by atoms with Crippen LogP contribution in [-0.4, -0.2) is 38.4 Å². The van der Waals surface area contributed by atoms with E-state index in [1.165, 1.54) is 4.57 Å². The summed E-state index contributed by atoms with van der Waals surface area (Å²) in [7, 11) is 0. The molecule has 0 bridgehead atoms. The van der Waals surface area contributed by atoms with Crippen molar-refractivity contribution in [3.05, 3.63) is 52.9 Å². The zero-order chi connectivity index (χ0) is 17.4. The highest BCUT2D eigenvalue weighted by atomic mass is 16.4. The molecule has 0 N–H and O–H groups in total. The summed E-state index contributed by atoms with van der Waals surface area (Å²) in [5, 5.41) is 0. The molecule has 1 aromatic carbocycles. The van der Waals surface area contributed by atoms with Gasteiger partial charge in [-0.3, -0.25) is 9.78 Å². The van der Waals surface area contributed by atoms with Crippen LogP contribution in [0.4, 0.5) is 0 Å². The fraction of sp³-hybridized carbons (Fsp3) is 0.333. The van der Waals surface area contributed by atoms with Gasteiger partial charge in [0.15, 0.2) is 11.4 Å². The largest absolute Gasteiger partial charge is 0.425 e.